The van der Waals surface area contributed by atoms with Crippen LogP contribution in [-0.2, 0) is 0 Å². The second-order valence-corrected chi connectivity index (χ2v) is 8.65. The molecular weight excluding hydrogens is 432 g/mol. The van der Waals surface area contributed by atoms with E-state index in [-0.39, 0.29) is 30.2 Å². The zero-order valence-electron chi connectivity index (χ0n) is 17.4. The number of hydrogen-bond acceptors (Lipinski definition) is 6. The summed E-state index contributed by atoms with van der Waals surface area (Å²) >= 11 is 5.91. The highest BCUT2D eigenvalue weighted by molar-refractivity contribution is 6.30. The van der Waals surface area contributed by atoms with E-state index in [0.29, 0.717) is 54.2 Å². The lowest BCUT2D eigenvalue weighted by molar-refractivity contribution is 0.0376. The first-order chi connectivity index (χ1) is 15.5. The van der Waals surface area contributed by atoms with Crippen LogP contribution in [0.15, 0.2) is 53.1 Å². The largest absolute Gasteiger partial charge is 0.390 e. The number of β-amino-alcohol motifs (C(OH)–C–C–N with tert-alkyl or cyclic N) is 1. The highest BCUT2D eigenvalue weighted by Crippen LogP contribution is 2.24. The van der Waals surface area contributed by atoms with E-state index in [1.54, 1.807) is 41.3 Å². The third-order valence-electron chi connectivity index (χ3n) is 6.29. The van der Waals surface area contributed by atoms with Crippen LogP contribution >= 0.6 is 11.6 Å². The summed E-state index contributed by atoms with van der Waals surface area (Å²) < 4.78 is 5.31. The van der Waals surface area contributed by atoms with Crippen LogP contribution < -0.4 is 0 Å². The molecule has 3 heterocycles. The van der Waals surface area contributed by atoms with E-state index >= 15 is 0 Å². The minimum absolute atomic E-state index is 0.0257. The van der Waals surface area contributed by atoms with E-state index in [9.17, 15) is 14.7 Å². The number of amides is 2. The van der Waals surface area contributed by atoms with Crippen molar-refractivity contribution < 1.29 is 19.2 Å². The second-order valence-electron chi connectivity index (χ2n) is 8.21. The fourth-order valence-corrected chi connectivity index (χ4v) is 4.64. The van der Waals surface area contributed by atoms with Crippen molar-refractivity contribution in [2.24, 2.45) is 0 Å². The lowest BCUT2D eigenvalue weighted by Gasteiger charge is -2.38. The van der Waals surface area contributed by atoms with Crippen LogP contribution in [0.3, 0.4) is 0 Å². The van der Waals surface area contributed by atoms with Crippen LogP contribution in [0, 0.1) is 0 Å². The van der Waals surface area contributed by atoms with Crippen LogP contribution in [0.4, 0.5) is 0 Å². The van der Waals surface area contributed by atoms with Gasteiger partial charge in [-0.15, -0.1) is 0 Å². The molecular formula is C23H23ClN4O4. The molecule has 32 heavy (non-hydrogen) atoms. The highest BCUT2D eigenvalue weighted by Gasteiger charge is 2.40. The summed E-state index contributed by atoms with van der Waals surface area (Å²) in [6, 6.07) is 14.0. The molecule has 2 atom stereocenters. The summed E-state index contributed by atoms with van der Waals surface area (Å²) in [5.74, 6) is -0.0917. The molecule has 2 aliphatic rings. The number of carbonyl (C=O) groups is 2. The van der Waals surface area contributed by atoms with Gasteiger partial charge in [0.1, 0.15) is 5.52 Å². The third-order valence-corrected chi connectivity index (χ3v) is 6.54. The molecule has 9 heteroatoms. The lowest BCUT2D eigenvalue weighted by Crippen LogP contribution is -2.54. The Labute approximate surface area is 189 Å². The smallest absolute Gasteiger partial charge is 0.293 e. The van der Waals surface area contributed by atoms with E-state index < -0.39 is 6.10 Å². The molecule has 2 amide bonds. The molecule has 0 aliphatic carbocycles. The summed E-state index contributed by atoms with van der Waals surface area (Å²) in [6.45, 7) is 3.03. The molecule has 2 aromatic carbocycles. The van der Waals surface area contributed by atoms with Gasteiger partial charge in [0.15, 0.2) is 0 Å². The van der Waals surface area contributed by atoms with E-state index in [0.717, 1.165) is 0 Å². The van der Waals surface area contributed by atoms with E-state index in [1.165, 1.54) is 0 Å². The number of aromatic nitrogens is 1. The first-order valence-electron chi connectivity index (χ1n) is 10.6. The Balaban J connectivity index is 1.21. The standard InChI is InChI=1S/C23H23ClN4O4/c24-16-7-5-15(6-8-16)22(30)27-11-9-26(10-12-27)19-13-28(14-20(19)29)23(31)21-17-3-1-2-4-18(17)25-32-21/h1-8,19-20,29H,9-14H2. The maximum absolute atomic E-state index is 13.0. The van der Waals surface area contributed by atoms with Gasteiger partial charge in [-0.25, -0.2) is 0 Å². The maximum Gasteiger partial charge on any atom is 0.293 e. The molecule has 8 nitrogen and oxygen atoms in total. The molecule has 0 spiro atoms. The highest BCUT2D eigenvalue weighted by atomic mass is 35.5. The molecule has 2 fully saturated rings. The molecule has 2 saturated heterocycles. The van der Waals surface area contributed by atoms with Gasteiger partial charge < -0.3 is 19.4 Å². The van der Waals surface area contributed by atoms with E-state index in [1.807, 2.05) is 17.0 Å². The number of benzene rings is 2. The Hall–Kier alpha value is -2.94. The van der Waals surface area contributed by atoms with Gasteiger partial charge in [0.2, 0.25) is 5.76 Å². The fraction of sp³-hybridized carbons (Fsp3) is 0.348. The van der Waals surface area contributed by atoms with Crippen molar-refractivity contribution in [3.63, 3.8) is 0 Å². The van der Waals surface area contributed by atoms with Crippen molar-refractivity contribution in [1.82, 2.24) is 19.9 Å². The molecule has 2 unspecified atom stereocenters. The number of aliphatic hydroxyl groups excluding tert-OH is 1. The number of aliphatic hydroxyl groups is 1. The number of carbonyl (C=O) groups excluding carboxylic acids is 2. The van der Waals surface area contributed by atoms with Gasteiger partial charge in [-0.2, -0.15) is 0 Å². The molecule has 0 saturated carbocycles. The number of likely N-dealkylation sites (tertiary alicyclic amines) is 1. The molecule has 2 aliphatic heterocycles. The Morgan fingerprint density at radius 1 is 0.938 bits per heavy atom. The van der Waals surface area contributed by atoms with E-state index in [2.05, 4.69) is 10.1 Å². The predicted octanol–water partition coefficient (Wildman–Crippen LogP) is 2.12. The predicted molar refractivity (Wildman–Crippen MR) is 119 cm³/mol. The maximum atomic E-state index is 13.0. The number of fused-ring (bicyclic) bond motifs is 1. The van der Waals surface area contributed by atoms with Crippen molar-refractivity contribution in [1.29, 1.82) is 0 Å². The van der Waals surface area contributed by atoms with Gasteiger partial charge in [0.25, 0.3) is 11.8 Å². The molecule has 166 valence electrons. The van der Waals surface area contributed by atoms with E-state index in [4.69, 9.17) is 16.1 Å². The fourth-order valence-electron chi connectivity index (χ4n) is 4.51. The van der Waals surface area contributed by atoms with Gasteiger partial charge in [0.05, 0.1) is 17.5 Å². The number of piperazine rings is 1. The number of rotatable bonds is 3. The average Bonchev–Trinajstić information content (AvgIpc) is 3.42. The van der Waals surface area contributed by atoms with Gasteiger partial charge in [0, 0.05) is 49.9 Å². The normalized spacial score (nSPS) is 21.9. The summed E-state index contributed by atoms with van der Waals surface area (Å²) in [5, 5.41) is 15.9. The van der Waals surface area contributed by atoms with Crippen LogP contribution in [0.2, 0.25) is 5.02 Å². The second kappa shape index (κ2) is 8.54. The van der Waals surface area contributed by atoms with Crippen LogP contribution in [0.1, 0.15) is 20.9 Å². The summed E-state index contributed by atoms with van der Waals surface area (Å²) in [6.07, 6.45) is -0.661. The monoisotopic (exact) mass is 454 g/mol. The molecule has 1 aromatic heterocycles. The Morgan fingerprint density at radius 2 is 1.66 bits per heavy atom. The Bertz CT molecular complexity index is 1140. The molecule has 1 N–H and O–H groups in total. The molecule has 0 radical (unpaired) electrons. The minimum atomic E-state index is -0.661. The van der Waals surface area contributed by atoms with Crippen molar-refractivity contribution in [2.75, 3.05) is 39.3 Å². The summed E-state index contributed by atoms with van der Waals surface area (Å²) in [4.78, 5) is 31.3. The first-order valence-corrected chi connectivity index (χ1v) is 11.0. The first kappa shape index (κ1) is 20.9. The molecule has 5 rings (SSSR count). The van der Waals surface area contributed by atoms with Gasteiger partial charge in [-0.3, -0.25) is 14.5 Å². The lowest BCUT2D eigenvalue weighted by atomic mass is 10.1. The van der Waals surface area contributed by atoms with Crippen LogP contribution in [0.5, 0.6) is 0 Å². The average molecular weight is 455 g/mol. The van der Waals surface area contributed by atoms with Gasteiger partial charge in [-0.05, 0) is 36.4 Å². The Morgan fingerprint density at radius 3 is 2.41 bits per heavy atom. The summed E-state index contributed by atoms with van der Waals surface area (Å²) in [7, 11) is 0. The molecule has 3 aromatic rings. The van der Waals surface area contributed by atoms with Crippen molar-refractivity contribution in [3.05, 3.63) is 64.9 Å². The SMILES string of the molecule is O=C(c1ccc(Cl)cc1)N1CCN(C2CN(C(=O)c3onc4ccccc34)CC2O)CC1. The number of nitrogens with zero attached hydrogens (tertiary/aromatic N) is 4. The number of halogens is 1. The molecule has 0 bridgehead atoms. The minimum Gasteiger partial charge on any atom is -0.390 e. The van der Waals surface area contributed by atoms with Crippen molar-refractivity contribution in [2.45, 2.75) is 12.1 Å². The van der Waals surface area contributed by atoms with Gasteiger partial charge >= 0.3 is 0 Å². The van der Waals surface area contributed by atoms with Crippen LogP contribution in [-0.4, -0.2) is 88.2 Å². The summed E-state index contributed by atoms with van der Waals surface area (Å²) in [5.41, 5.74) is 1.24. The van der Waals surface area contributed by atoms with Crippen LogP contribution in [0.25, 0.3) is 10.9 Å². The van der Waals surface area contributed by atoms with Crippen molar-refractivity contribution >= 4 is 34.3 Å². The quantitative estimate of drug-likeness (QED) is 0.652. The van der Waals surface area contributed by atoms with Gasteiger partial charge in [-0.1, -0.05) is 28.9 Å². The number of hydrogen-bond donors (Lipinski definition) is 1. The third kappa shape index (κ3) is 3.85. The van der Waals surface area contributed by atoms with Crippen molar-refractivity contribution in [3.8, 4) is 0 Å². The zero-order valence-corrected chi connectivity index (χ0v) is 18.1. The topological polar surface area (TPSA) is 90.1 Å². The Kier molecular flexibility index (Phi) is 5.58. The zero-order chi connectivity index (χ0) is 22.2.